The number of nitrogens with zero attached hydrogens (tertiary/aromatic N) is 2. The number of carbonyl (C=O) groups excluding carboxylic acids is 3. The number of hydrogen-bond acceptors (Lipinski definition) is 7. The van der Waals surface area contributed by atoms with Gasteiger partial charge in [0.05, 0.1) is 14.2 Å². The van der Waals surface area contributed by atoms with Crippen LogP contribution in [-0.2, 0) is 32.9 Å². The average Bonchev–Trinajstić information content (AvgIpc) is 2.91. The first-order valence-electron chi connectivity index (χ1n) is 16.0. The molecule has 260 valence electrons. The normalized spacial score (nSPS) is 15.3. The summed E-state index contributed by atoms with van der Waals surface area (Å²) in [6.07, 6.45) is 7.08. The number of amides is 2. The molecule has 2 unspecified atom stereocenters. The summed E-state index contributed by atoms with van der Waals surface area (Å²) in [5.74, 6) is -0.404. The van der Waals surface area contributed by atoms with Crippen LogP contribution in [-0.4, -0.2) is 85.4 Å². The minimum Gasteiger partial charge on any atom is -0.414 e. The topological polar surface area (TPSA) is 94.6 Å². The van der Waals surface area contributed by atoms with E-state index >= 15 is 0 Å². The van der Waals surface area contributed by atoms with Crippen molar-refractivity contribution in [1.82, 2.24) is 10.1 Å². The molecular weight excluding hydrogens is 593 g/mol. The van der Waals surface area contributed by atoms with Gasteiger partial charge < -0.3 is 13.6 Å². The first-order valence-corrected chi connectivity index (χ1v) is 21.8. The molecule has 0 bridgehead atoms. The molecule has 0 aromatic rings. The van der Waals surface area contributed by atoms with Crippen LogP contribution >= 0.6 is 0 Å². The lowest BCUT2D eigenvalue weighted by Gasteiger charge is -2.40. The fourth-order valence-corrected chi connectivity index (χ4v) is 6.79. The third-order valence-electron chi connectivity index (χ3n) is 9.08. The Morgan fingerprint density at radius 3 is 1.30 bits per heavy atom. The highest BCUT2D eigenvalue weighted by atomic mass is 28.4. The van der Waals surface area contributed by atoms with E-state index in [4.69, 9.17) is 18.5 Å². The van der Waals surface area contributed by atoms with Crippen LogP contribution in [0.5, 0.6) is 0 Å². The molecule has 4 atom stereocenters. The zero-order valence-corrected chi connectivity index (χ0v) is 33.2. The average molecular weight is 661 g/mol. The maximum atomic E-state index is 12.2. The van der Waals surface area contributed by atoms with Crippen molar-refractivity contribution in [3.8, 4) is 0 Å². The van der Waals surface area contributed by atoms with Gasteiger partial charge in [0, 0.05) is 44.6 Å². The lowest BCUT2D eigenvalue weighted by molar-refractivity contribution is -0.174. The molecular formula is C33H68N2O7Si2. The Bertz CT molecular complexity index is 799. The zero-order valence-electron chi connectivity index (χ0n) is 31.2. The molecule has 0 saturated carbocycles. The minimum absolute atomic E-state index is 0.00932. The van der Waals surface area contributed by atoms with Gasteiger partial charge in [-0.2, -0.15) is 0 Å². The molecule has 0 N–H and O–H groups in total. The molecule has 0 aromatic carbocycles. The molecule has 0 saturated heterocycles. The predicted molar refractivity (Wildman–Crippen MR) is 186 cm³/mol. The summed E-state index contributed by atoms with van der Waals surface area (Å²) < 4.78 is 12.9. The SMILES string of the molecule is C=CCC[C@H](CC(C)C(=O)N(C)OC)O[Si](C)(C)C(C)(C)C.CON(C)C(=O)C(C)C[C@@H](CCC=O)O[Si](C)(C)C(C)(C)C. The summed E-state index contributed by atoms with van der Waals surface area (Å²) in [6, 6.07) is 0. The Morgan fingerprint density at radius 2 is 1.05 bits per heavy atom. The Balaban J connectivity index is 0. The first-order chi connectivity index (χ1) is 19.9. The van der Waals surface area contributed by atoms with Crippen LogP contribution in [0.3, 0.4) is 0 Å². The van der Waals surface area contributed by atoms with Crippen molar-refractivity contribution in [2.45, 2.75) is 142 Å². The Morgan fingerprint density at radius 1 is 0.727 bits per heavy atom. The molecule has 0 radical (unpaired) electrons. The molecule has 0 heterocycles. The van der Waals surface area contributed by atoms with Crippen LogP contribution < -0.4 is 0 Å². The van der Waals surface area contributed by atoms with Crippen molar-refractivity contribution < 1.29 is 32.9 Å². The van der Waals surface area contributed by atoms with Crippen LogP contribution in [0.2, 0.25) is 36.3 Å². The Hall–Kier alpha value is -1.38. The van der Waals surface area contributed by atoms with Gasteiger partial charge in [-0.1, -0.05) is 61.5 Å². The van der Waals surface area contributed by atoms with E-state index < -0.39 is 16.6 Å². The smallest absolute Gasteiger partial charge is 0.248 e. The van der Waals surface area contributed by atoms with E-state index in [1.807, 2.05) is 19.9 Å². The van der Waals surface area contributed by atoms with Crippen LogP contribution in [0, 0.1) is 11.8 Å². The van der Waals surface area contributed by atoms with Gasteiger partial charge in [-0.3, -0.25) is 19.3 Å². The van der Waals surface area contributed by atoms with E-state index in [1.165, 1.54) is 24.3 Å². The summed E-state index contributed by atoms with van der Waals surface area (Å²) in [4.78, 5) is 45.0. The molecule has 0 aliphatic carbocycles. The second-order valence-electron chi connectivity index (χ2n) is 14.9. The van der Waals surface area contributed by atoms with Gasteiger partial charge in [0.1, 0.15) is 6.29 Å². The molecule has 0 aromatic heterocycles. The Kier molecular flexibility index (Phi) is 20.3. The molecule has 0 aliphatic heterocycles. The molecule has 11 heteroatoms. The van der Waals surface area contributed by atoms with E-state index in [2.05, 4.69) is 74.3 Å². The molecule has 2 amide bonds. The standard InChI is InChI=1S/C17H35NO3Si.C16H33NO4Si/c1-10-11-12-15(21-22(8,9)17(3,4)5)13-14(2)16(19)18(6)20-7;1-13(15(19)17(5)20-6)12-14(10-9-11-18)21-22(7,8)16(2,3)4/h10,14-15H,1,11-13H2,2-9H3;11,13-14H,9-10,12H2,1-8H3/t14?,15-;13?,14-/m11/s1. The highest BCUT2D eigenvalue weighted by Gasteiger charge is 2.40. The largest absolute Gasteiger partial charge is 0.414 e. The Labute approximate surface area is 272 Å². The second kappa shape index (κ2) is 20.0. The van der Waals surface area contributed by atoms with Crippen molar-refractivity contribution in [3.05, 3.63) is 12.7 Å². The van der Waals surface area contributed by atoms with Gasteiger partial charge in [0.25, 0.3) is 0 Å². The lowest BCUT2D eigenvalue weighted by Crippen LogP contribution is -2.45. The lowest BCUT2D eigenvalue weighted by atomic mass is 10.00. The van der Waals surface area contributed by atoms with Gasteiger partial charge in [-0.05, 0) is 68.4 Å². The van der Waals surface area contributed by atoms with Crippen molar-refractivity contribution in [3.63, 3.8) is 0 Å². The molecule has 0 spiro atoms. The minimum atomic E-state index is -1.93. The van der Waals surface area contributed by atoms with E-state index in [1.54, 1.807) is 14.1 Å². The highest BCUT2D eigenvalue weighted by Crippen LogP contribution is 2.39. The maximum absolute atomic E-state index is 12.2. The van der Waals surface area contributed by atoms with Gasteiger partial charge >= 0.3 is 0 Å². The second-order valence-corrected chi connectivity index (χ2v) is 24.4. The predicted octanol–water partition coefficient (Wildman–Crippen LogP) is 7.79. The highest BCUT2D eigenvalue weighted by molar-refractivity contribution is 6.74. The van der Waals surface area contributed by atoms with E-state index in [9.17, 15) is 14.4 Å². The van der Waals surface area contributed by atoms with Crippen molar-refractivity contribution >= 4 is 34.7 Å². The number of allylic oxidation sites excluding steroid dienone is 1. The van der Waals surface area contributed by atoms with Crippen LogP contribution in [0.4, 0.5) is 0 Å². The summed E-state index contributed by atoms with van der Waals surface area (Å²) in [6.45, 7) is 29.7. The molecule has 44 heavy (non-hydrogen) atoms. The molecule has 0 rings (SSSR count). The van der Waals surface area contributed by atoms with Crippen molar-refractivity contribution in [2.75, 3.05) is 28.3 Å². The van der Waals surface area contributed by atoms with Gasteiger partial charge in [0.15, 0.2) is 16.6 Å². The summed E-state index contributed by atoms with van der Waals surface area (Å²) in [5.41, 5.74) is 0. The molecule has 9 nitrogen and oxygen atoms in total. The molecule has 0 aliphatic rings. The number of rotatable bonds is 18. The van der Waals surface area contributed by atoms with Crippen LogP contribution in [0.25, 0.3) is 0 Å². The van der Waals surface area contributed by atoms with Crippen LogP contribution in [0.15, 0.2) is 12.7 Å². The number of carbonyl (C=O) groups is 3. The third-order valence-corrected chi connectivity index (χ3v) is 18.1. The number of aldehydes is 1. The van der Waals surface area contributed by atoms with E-state index in [0.717, 1.165) is 19.1 Å². The van der Waals surface area contributed by atoms with Gasteiger partial charge in [-0.15, -0.1) is 6.58 Å². The van der Waals surface area contributed by atoms with Gasteiger partial charge in [-0.25, -0.2) is 10.1 Å². The van der Waals surface area contributed by atoms with E-state index in [0.29, 0.717) is 25.7 Å². The van der Waals surface area contributed by atoms with Gasteiger partial charge in [0.2, 0.25) is 11.8 Å². The molecule has 0 fully saturated rings. The van der Waals surface area contributed by atoms with Crippen LogP contribution in [0.1, 0.15) is 93.9 Å². The summed E-state index contributed by atoms with van der Waals surface area (Å²) in [7, 11) is 2.46. The number of hydrogen-bond donors (Lipinski definition) is 0. The monoisotopic (exact) mass is 660 g/mol. The van der Waals surface area contributed by atoms with E-state index in [-0.39, 0.29) is 45.9 Å². The third kappa shape index (κ3) is 16.3. The number of hydroxylamine groups is 4. The fourth-order valence-electron chi connectivity index (χ4n) is 3.99. The first kappa shape index (κ1) is 44.7. The maximum Gasteiger partial charge on any atom is 0.248 e. The van der Waals surface area contributed by atoms with Crippen molar-refractivity contribution in [1.29, 1.82) is 0 Å². The quantitative estimate of drug-likeness (QED) is 0.0641. The fraction of sp³-hybridized carbons (Fsp3) is 0.848. The summed E-state index contributed by atoms with van der Waals surface area (Å²) >= 11 is 0. The summed E-state index contributed by atoms with van der Waals surface area (Å²) in [5, 5.41) is 2.80. The zero-order chi connectivity index (χ0) is 35.1. The van der Waals surface area contributed by atoms with Crippen molar-refractivity contribution in [2.24, 2.45) is 11.8 Å².